The highest BCUT2D eigenvalue weighted by Crippen LogP contribution is 2.49. The van der Waals surface area contributed by atoms with E-state index in [2.05, 4.69) is 26.1 Å². The minimum Gasteiger partial charge on any atom is -0.459 e. The van der Waals surface area contributed by atoms with E-state index < -0.39 is 16.8 Å². The fourth-order valence-electron chi connectivity index (χ4n) is 6.09. The molecule has 192 valence electrons. The number of hydrogen-bond donors (Lipinski definition) is 1. The number of ketones is 1. The quantitative estimate of drug-likeness (QED) is 0.300. The van der Waals surface area contributed by atoms with Crippen LogP contribution in [0.25, 0.3) is 5.70 Å². The lowest BCUT2D eigenvalue weighted by molar-refractivity contribution is -0.385. The molecule has 0 unspecified atom stereocenters. The Morgan fingerprint density at radius 1 is 1.08 bits per heavy atom. The molecule has 0 amide bonds. The maximum atomic E-state index is 13.9. The number of ether oxygens (including phenoxy) is 1. The summed E-state index contributed by atoms with van der Waals surface area (Å²) >= 11 is 0. The SMILES string of the molecule is CC1=C(C(=O)O[C@@H]2C[C@H](C(C)C)CC[C@H]2C)[C@H](c2ccccc2[N+](=O)[O-])C2=C(N1)c1ccccc1C2=O. The summed E-state index contributed by atoms with van der Waals surface area (Å²) in [5.41, 5.74) is 3.19. The molecule has 0 saturated heterocycles. The van der Waals surface area contributed by atoms with E-state index in [9.17, 15) is 19.7 Å². The van der Waals surface area contributed by atoms with Gasteiger partial charge in [0.05, 0.1) is 22.1 Å². The van der Waals surface area contributed by atoms with Crippen LogP contribution in [0.3, 0.4) is 0 Å². The van der Waals surface area contributed by atoms with Crippen molar-refractivity contribution in [3.63, 3.8) is 0 Å². The number of carbonyl (C=O) groups is 2. The zero-order valence-electron chi connectivity index (χ0n) is 21.6. The summed E-state index contributed by atoms with van der Waals surface area (Å²) in [6, 6.07) is 13.6. The van der Waals surface area contributed by atoms with Crippen LogP contribution in [0.4, 0.5) is 5.69 Å². The molecular formula is C30H32N2O5. The lowest BCUT2D eigenvalue weighted by Crippen LogP contribution is -2.36. The molecule has 1 fully saturated rings. The normalized spacial score (nSPS) is 25.1. The number of Topliss-reactive ketones (excluding diaryl/α,β-unsaturated/α-hetero) is 1. The predicted molar refractivity (Wildman–Crippen MR) is 141 cm³/mol. The molecule has 2 aromatic carbocycles. The van der Waals surface area contributed by atoms with Crippen molar-refractivity contribution in [2.75, 3.05) is 0 Å². The van der Waals surface area contributed by atoms with Gasteiger partial charge in [0.2, 0.25) is 0 Å². The Labute approximate surface area is 216 Å². The number of nitro groups is 1. The third-order valence-electron chi connectivity index (χ3n) is 8.28. The second-order valence-electron chi connectivity index (χ2n) is 10.8. The first-order valence-corrected chi connectivity index (χ1v) is 13.0. The van der Waals surface area contributed by atoms with Crippen molar-refractivity contribution in [1.82, 2.24) is 5.32 Å². The Bertz CT molecular complexity index is 1360. The van der Waals surface area contributed by atoms with Crippen molar-refractivity contribution in [3.8, 4) is 0 Å². The highest BCUT2D eigenvalue weighted by molar-refractivity contribution is 6.23. The Morgan fingerprint density at radius 3 is 2.46 bits per heavy atom. The number of hydrogen-bond acceptors (Lipinski definition) is 6. The number of allylic oxidation sites excluding steroid dienone is 2. The molecule has 3 aliphatic rings. The number of dihydropyridines is 1. The summed E-state index contributed by atoms with van der Waals surface area (Å²) < 4.78 is 6.17. The van der Waals surface area contributed by atoms with E-state index in [1.54, 1.807) is 37.3 Å². The standard InChI is InChI=1S/C30H32N2O5/c1-16(2)19-14-13-17(3)24(15-19)37-30(34)25-18(4)31-28-20-9-5-6-10-21(20)29(33)27(28)26(25)22-11-7-8-12-23(22)32(35)36/h5-12,16-17,19,24,26,31H,13-15H2,1-4H3/t17-,19-,24-,26+/m1/s1. The lowest BCUT2D eigenvalue weighted by Gasteiger charge is -2.37. The molecule has 0 spiro atoms. The summed E-state index contributed by atoms with van der Waals surface area (Å²) in [6.07, 6.45) is 2.64. The van der Waals surface area contributed by atoms with Crippen LogP contribution in [0.1, 0.15) is 74.4 Å². The van der Waals surface area contributed by atoms with Gasteiger partial charge in [0, 0.05) is 34.0 Å². The van der Waals surface area contributed by atoms with Crippen molar-refractivity contribution in [2.24, 2.45) is 17.8 Å². The second kappa shape index (κ2) is 9.61. The Morgan fingerprint density at radius 2 is 1.76 bits per heavy atom. The van der Waals surface area contributed by atoms with Gasteiger partial charge in [-0.2, -0.15) is 0 Å². The van der Waals surface area contributed by atoms with Gasteiger partial charge >= 0.3 is 5.97 Å². The molecule has 7 heteroatoms. The van der Waals surface area contributed by atoms with Gasteiger partial charge in [-0.1, -0.05) is 63.2 Å². The van der Waals surface area contributed by atoms with Gasteiger partial charge in [-0.15, -0.1) is 0 Å². The minimum absolute atomic E-state index is 0.131. The van der Waals surface area contributed by atoms with Crippen LogP contribution in [-0.2, 0) is 9.53 Å². The molecule has 37 heavy (non-hydrogen) atoms. The fourth-order valence-corrected chi connectivity index (χ4v) is 6.09. The number of para-hydroxylation sites is 1. The number of fused-ring (bicyclic) bond motifs is 2. The summed E-state index contributed by atoms with van der Waals surface area (Å²) in [7, 11) is 0. The molecule has 1 saturated carbocycles. The van der Waals surface area contributed by atoms with E-state index >= 15 is 0 Å². The third kappa shape index (κ3) is 4.26. The van der Waals surface area contributed by atoms with Crippen LogP contribution in [0.2, 0.25) is 0 Å². The van der Waals surface area contributed by atoms with Crippen LogP contribution in [0.15, 0.2) is 65.4 Å². The van der Waals surface area contributed by atoms with Gasteiger partial charge in [-0.25, -0.2) is 4.79 Å². The van der Waals surface area contributed by atoms with Crippen molar-refractivity contribution >= 4 is 23.1 Å². The second-order valence-corrected chi connectivity index (χ2v) is 10.8. The molecule has 2 aromatic rings. The van der Waals surface area contributed by atoms with E-state index in [0.29, 0.717) is 39.9 Å². The first-order chi connectivity index (χ1) is 17.7. The summed E-state index contributed by atoms with van der Waals surface area (Å²) in [4.78, 5) is 39.2. The Kier molecular flexibility index (Phi) is 6.48. The Balaban J connectivity index is 1.60. The van der Waals surface area contributed by atoms with Crippen LogP contribution in [0.5, 0.6) is 0 Å². The van der Waals surface area contributed by atoms with E-state index in [-0.39, 0.29) is 29.1 Å². The predicted octanol–water partition coefficient (Wildman–Crippen LogP) is 6.17. The molecule has 4 atom stereocenters. The van der Waals surface area contributed by atoms with Crippen molar-refractivity contribution in [3.05, 3.63) is 92.2 Å². The molecule has 1 heterocycles. The molecule has 1 N–H and O–H groups in total. The van der Waals surface area contributed by atoms with Gasteiger partial charge < -0.3 is 10.1 Å². The highest BCUT2D eigenvalue weighted by Gasteiger charge is 2.45. The van der Waals surface area contributed by atoms with E-state index in [0.717, 1.165) is 24.8 Å². The van der Waals surface area contributed by atoms with E-state index in [1.807, 2.05) is 12.1 Å². The minimum atomic E-state index is -0.912. The summed E-state index contributed by atoms with van der Waals surface area (Å²) in [5, 5.41) is 15.3. The van der Waals surface area contributed by atoms with Crippen molar-refractivity contribution in [2.45, 2.75) is 59.0 Å². The number of nitrogens with zero attached hydrogens (tertiary/aromatic N) is 1. The maximum absolute atomic E-state index is 13.9. The van der Waals surface area contributed by atoms with Gasteiger partial charge in [0.15, 0.2) is 5.78 Å². The molecule has 0 radical (unpaired) electrons. The highest BCUT2D eigenvalue weighted by atomic mass is 16.6. The number of rotatable bonds is 5. The first-order valence-electron chi connectivity index (χ1n) is 13.0. The smallest absolute Gasteiger partial charge is 0.337 e. The van der Waals surface area contributed by atoms with Gasteiger partial charge in [0.1, 0.15) is 6.10 Å². The third-order valence-corrected chi connectivity index (χ3v) is 8.28. The molecule has 5 rings (SSSR count). The maximum Gasteiger partial charge on any atom is 0.337 e. The number of nitro benzene ring substituents is 1. The molecule has 7 nitrogen and oxygen atoms in total. The van der Waals surface area contributed by atoms with Gasteiger partial charge in [-0.3, -0.25) is 14.9 Å². The van der Waals surface area contributed by atoms with Crippen LogP contribution in [-0.4, -0.2) is 22.8 Å². The average molecular weight is 501 g/mol. The number of nitrogens with one attached hydrogen (secondary N) is 1. The molecule has 0 bridgehead atoms. The lowest BCUT2D eigenvalue weighted by atomic mass is 9.75. The van der Waals surface area contributed by atoms with E-state index in [1.165, 1.54) is 6.07 Å². The van der Waals surface area contributed by atoms with Crippen LogP contribution >= 0.6 is 0 Å². The summed E-state index contributed by atoms with van der Waals surface area (Å²) in [5.74, 6) is -0.486. The number of esters is 1. The van der Waals surface area contributed by atoms with Gasteiger partial charge in [0.25, 0.3) is 5.69 Å². The number of benzene rings is 2. The fraction of sp³-hybridized carbons (Fsp3) is 0.400. The zero-order valence-corrected chi connectivity index (χ0v) is 21.6. The zero-order chi connectivity index (χ0) is 26.4. The molecular weight excluding hydrogens is 468 g/mol. The van der Waals surface area contributed by atoms with Crippen LogP contribution in [0, 0.1) is 27.9 Å². The Hall–Kier alpha value is -3.74. The largest absolute Gasteiger partial charge is 0.459 e. The first kappa shape index (κ1) is 24.9. The summed E-state index contributed by atoms with van der Waals surface area (Å²) in [6.45, 7) is 8.26. The topological polar surface area (TPSA) is 98.5 Å². The van der Waals surface area contributed by atoms with Crippen molar-refractivity contribution < 1.29 is 19.2 Å². The van der Waals surface area contributed by atoms with Gasteiger partial charge in [-0.05, 0) is 43.9 Å². The van der Waals surface area contributed by atoms with Crippen molar-refractivity contribution in [1.29, 1.82) is 0 Å². The monoisotopic (exact) mass is 500 g/mol. The van der Waals surface area contributed by atoms with Crippen LogP contribution < -0.4 is 5.32 Å². The molecule has 0 aromatic heterocycles. The molecule has 2 aliphatic carbocycles. The van der Waals surface area contributed by atoms with E-state index in [4.69, 9.17) is 4.74 Å². The molecule has 1 aliphatic heterocycles. The average Bonchev–Trinajstić information content (AvgIpc) is 3.15. The number of carbonyl (C=O) groups excluding carboxylic acids is 2.